The maximum atomic E-state index is 9.51. The summed E-state index contributed by atoms with van der Waals surface area (Å²) in [5.41, 5.74) is 7.21. The van der Waals surface area contributed by atoms with Gasteiger partial charge >= 0.3 is 0 Å². The molecule has 1 aromatic heterocycles. The average molecular weight is 216 g/mol. The number of benzene rings is 1. The Kier molecular flexibility index (Phi) is 2.70. The van der Waals surface area contributed by atoms with Crippen LogP contribution >= 0.6 is 0 Å². The van der Waals surface area contributed by atoms with Gasteiger partial charge < -0.3 is 10.9 Å². The van der Waals surface area contributed by atoms with Crippen LogP contribution in [-0.4, -0.2) is 14.9 Å². The van der Waals surface area contributed by atoms with Crippen molar-refractivity contribution in [3.63, 3.8) is 0 Å². The van der Waals surface area contributed by atoms with Crippen molar-refractivity contribution in [2.75, 3.05) is 0 Å². The van der Waals surface area contributed by atoms with Crippen LogP contribution in [0.25, 0.3) is 11.3 Å². The Morgan fingerprint density at radius 1 is 1.31 bits per heavy atom. The van der Waals surface area contributed by atoms with Crippen LogP contribution < -0.4 is 11.2 Å². The minimum atomic E-state index is -0.0813. The molecule has 2 rings (SSSR count). The first kappa shape index (κ1) is 10.4. The molecule has 0 aliphatic heterocycles. The molecule has 0 spiro atoms. The Morgan fingerprint density at radius 2 is 2.00 bits per heavy atom. The van der Waals surface area contributed by atoms with E-state index in [2.05, 4.69) is 4.98 Å². The first-order chi connectivity index (χ1) is 7.72. The van der Waals surface area contributed by atoms with Crippen molar-refractivity contribution in [1.29, 1.82) is 5.41 Å². The second-order valence-corrected chi connectivity index (χ2v) is 3.34. The SMILES string of the molecule is N=c1c(CN)nc(-c2ccccc2)cn1O. The summed E-state index contributed by atoms with van der Waals surface area (Å²) in [6, 6.07) is 9.43. The van der Waals surface area contributed by atoms with Crippen LogP contribution in [-0.2, 0) is 6.54 Å². The molecule has 4 N–H and O–H groups in total. The van der Waals surface area contributed by atoms with E-state index in [1.54, 1.807) is 0 Å². The van der Waals surface area contributed by atoms with Gasteiger partial charge in [-0.25, -0.2) is 4.98 Å². The van der Waals surface area contributed by atoms with Gasteiger partial charge in [0.2, 0.25) is 0 Å². The molecule has 0 saturated heterocycles. The topological polar surface area (TPSA) is 87.9 Å². The predicted molar refractivity (Wildman–Crippen MR) is 58.6 cm³/mol. The molecule has 0 aliphatic carbocycles. The van der Waals surface area contributed by atoms with E-state index in [-0.39, 0.29) is 12.0 Å². The Bertz CT molecular complexity index is 548. The van der Waals surface area contributed by atoms with Gasteiger partial charge in [0, 0.05) is 12.1 Å². The Hall–Kier alpha value is -2.14. The summed E-state index contributed by atoms with van der Waals surface area (Å²) in [4.78, 5) is 4.23. The van der Waals surface area contributed by atoms with E-state index in [0.29, 0.717) is 11.4 Å². The van der Waals surface area contributed by atoms with Crippen LogP contribution in [0.1, 0.15) is 5.69 Å². The van der Waals surface area contributed by atoms with Crippen LogP contribution in [0.2, 0.25) is 0 Å². The van der Waals surface area contributed by atoms with E-state index in [0.717, 1.165) is 10.3 Å². The number of nitrogens with zero attached hydrogens (tertiary/aromatic N) is 2. The van der Waals surface area contributed by atoms with Crippen LogP contribution in [0.5, 0.6) is 0 Å². The molecule has 0 fully saturated rings. The fourth-order valence-corrected chi connectivity index (χ4v) is 1.43. The van der Waals surface area contributed by atoms with Gasteiger partial charge in [-0.05, 0) is 0 Å². The smallest absolute Gasteiger partial charge is 0.183 e. The maximum Gasteiger partial charge on any atom is 0.183 e. The van der Waals surface area contributed by atoms with Crippen molar-refractivity contribution in [2.45, 2.75) is 6.54 Å². The van der Waals surface area contributed by atoms with Crippen molar-refractivity contribution < 1.29 is 5.21 Å². The lowest BCUT2D eigenvalue weighted by atomic mass is 10.1. The first-order valence-corrected chi connectivity index (χ1v) is 4.84. The van der Waals surface area contributed by atoms with Gasteiger partial charge in [0.15, 0.2) is 5.49 Å². The summed E-state index contributed by atoms with van der Waals surface area (Å²) in [5, 5.41) is 17.0. The van der Waals surface area contributed by atoms with E-state index < -0.39 is 0 Å². The lowest BCUT2D eigenvalue weighted by Crippen LogP contribution is -2.25. The van der Waals surface area contributed by atoms with E-state index in [4.69, 9.17) is 11.1 Å². The summed E-state index contributed by atoms with van der Waals surface area (Å²) < 4.78 is 0.734. The molecule has 0 aliphatic rings. The summed E-state index contributed by atoms with van der Waals surface area (Å²) in [6.07, 6.45) is 1.40. The largest absolute Gasteiger partial charge is 0.427 e. The quantitative estimate of drug-likeness (QED) is 0.646. The number of hydrogen-bond donors (Lipinski definition) is 3. The first-order valence-electron chi connectivity index (χ1n) is 4.84. The molecule has 16 heavy (non-hydrogen) atoms. The van der Waals surface area contributed by atoms with Gasteiger partial charge in [-0.2, -0.15) is 4.73 Å². The molecular formula is C11H12N4O. The molecule has 1 heterocycles. The maximum absolute atomic E-state index is 9.51. The number of nitrogens with one attached hydrogen (secondary N) is 1. The minimum absolute atomic E-state index is 0.0813. The van der Waals surface area contributed by atoms with Crippen molar-refractivity contribution in [2.24, 2.45) is 5.73 Å². The molecular weight excluding hydrogens is 204 g/mol. The molecule has 5 heteroatoms. The number of rotatable bonds is 2. The predicted octanol–water partition coefficient (Wildman–Crippen LogP) is 0.726. The molecule has 2 aromatic rings. The Labute approximate surface area is 92.3 Å². The third-order valence-electron chi connectivity index (χ3n) is 2.27. The highest BCUT2D eigenvalue weighted by Crippen LogP contribution is 2.14. The third kappa shape index (κ3) is 1.80. The monoisotopic (exact) mass is 216 g/mol. The molecule has 1 aromatic carbocycles. The normalized spacial score (nSPS) is 10.3. The molecule has 0 unspecified atom stereocenters. The van der Waals surface area contributed by atoms with Crippen LogP contribution in [0.3, 0.4) is 0 Å². The van der Waals surface area contributed by atoms with Crippen molar-refractivity contribution in [3.8, 4) is 11.3 Å². The Morgan fingerprint density at radius 3 is 2.62 bits per heavy atom. The number of nitrogens with two attached hydrogens (primary N) is 1. The number of aromatic nitrogens is 2. The van der Waals surface area contributed by atoms with Gasteiger partial charge in [0.1, 0.15) is 5.69 Å². The summed E-state index contributed by atoms with van der Waals surface area (Å²) in [7, 11) is 0. The van der Waals surface area contributed by atoms with Gasteiger partial charge in [-0.1, -0.05) is 30.3 Å². The highest BCUT2D eigenvalue weighted by molar-refractivity contribution is 5.57. The summed E-state index contributed by atoms with van der Waals surface area (Å²) in [6.45, 7) is 0.125. The molecule has 0 amide bonds. The highest BCUT2D eigenvalue weighted by atomic mass is 16.5. The zero-order valence-corrected chi connectivity index (χ0v) is 8.59. The van der Waals surface area contributed by atoms with Crippen molar-refractivity contribution in [1.82, 2.24) is 9.71 Å². The second-order valence-electron chi connectivity index (χ2n) is 3.34. The zero-order valence-electron chi connectivity index (χ0n) is 8.59. The molecule has 5 nitrogen and oxygen atoms in total. The third-order valence-corrected chi connectivity index (χ3v) is 2.27. The van der Waals surface area contributed by atoms with Crippen molar-refractivity contribution >= 4 is 0 Å². The molecule has 0 saturated carbocycles. The van der Waals surface area contributed by atoms with Crippen LogP contribution in [0, 0.1) is 5.41 Å². The van der Waals surface area contributed by atoms with Gasteiger partial charge in [0.25, 0.3) is 0 Å². The number of hydrogen-bond acceptors (Lipinski definition) is 4. The molecule has 0 radical (unpaired) electrons. The fraction of sp³-hybridized carbons (Fsp3) is 0.0909. The minimum Gasteiger partial charge on any atom is -0.427 e. The Balaban J connectivity index is 2.60. The fourth-order valence-electron chi connectivity index (χ4n) is 1.43. The summed E-state index contributed by atoms with van der Waals surface area (Å²) >= 11 is 0. The van der Waals surface area contributed by atoms with E-state index in [9.17, 15) is 5.21 Å². The molecule has 82 valence electrons. The van der Waals surface area contributed by atoms with E-state index in [1.807, 2.05) is 30.3 Å². The van der Waals surface area contributed by atoms with Crippen LogP contribution in [0.4, 0.5) is 0 Å². The van der Waals surface area contributed by atoms with Crippen LogP contribution in [0.15, 0.2) is 36.5 Å². The average Bonchev–Trinajstić information content (AvgIpc) is 2.33. The standard InChI is InChI=1S/C11H12N4O/c12-6-9-11(13)15(16)7-10(14-9)8-4-2-1-3-5-8/h1-5,7,13,16H,6,12H2. The summed E-state index contributed by atoms with van der Waals surface area (Å²) in [5.74, 6) is 0. The lowest BCUT2D eigenvalue weighted by molar-refractivity contribution is 0.168. The van der Waals surface area contributed by atoms with Gasteiger partial charge in [0.05, 0.1) is 11.9 Å². The van der Waals surface area contributed by atoms with E-state index in [1.165, 1.54) is 6.20 Å². The van der Waals surface area contributed by atoms with Crippen molar-refractivity contribution in [3.05, 3.63) is 47.7 Å². The second kappa shape index (κ2) is 4.16. The highest BCUT2D eigenvalue weighted by Gasteiger charge is 2.05. The lowest BCUT2D eigenvalue weighted by Gasteiger charge is -2.06. The molecule has 0 bridgehead atoms. The van der Waals surface area contributed by atoms with Gasteiger partial charge in [-0.3, -0.25) is 5.41 Å². The molecule has 0 atom stereocenters. The van der Waals surface area contributed by atoms with Gasteiger partial charge in [-0.15, -0.1) is 0 Å². The zero-order chi connectivity index (χ0) is 11.5. The van der Waals surface area contributed by atoms with E-state index >= 15 is 0 Å².